The molecule has 1 aromatic heterocycles. The zero-order chi connectivity index (χ0) is 23.6. The summed E-state index contributed by atoms with van der Waals surface area (Å²) in [5, 5.41) is 10.8. The van der Waals surface area contributed by atoms with Gasteiger partial charge in [-0.2, -0.15) is 8.42 Å². The Labute approximate surface area is 193 Å². The third kappa shape index (κ3) is 4.54. The number of carbonyl (C=O) groups is 2. The SMILES string of the molecule is O=C1C(=Cc2ccc([N+](=O)[O-])s2)C(=O)N(Cc2ccccc2)S(=O)(=O)N1Cc1ccccc1. The van der Waals surface area contributed by atoms with Crippen molar-refractivity contribution in [2.75, 3.05) is 0 Å². The lowest BCUT2D eigenvalue weighted by atomic mass is 10.1. The maximum absolute atomic E-state index is 13.3. The second kappa shape index (κ2) is 8.96. The smallest absolute Gasteiger partial charge is 0.268 e. The monoisotopic (exact) mass is 483 g/mol. The van der Waals surface area contributed by atoms with Crippen LogP contribution in [0.1, 0.15) is 16.0 Å². The minimum absolute atomic E-state index is 0.160. The number of hydrogen-bond donors (Lipinski definition) is 0. The third-order valence-electron chi connectivity index (χ3n) is 4.89. The first-order valence-electron chi connectivity index (χ1n) is 9.70. The number of carbonyl (C=O) groups excluding carboxylic acids is 2. The number of hydrogen-bond acceptors (Lipinski definition) is 7. The van der Waals surface area contributed by atoms with Gasteiger partial charge in [0, 0.05) is 10.9 Å². The molecule has 4 rings (SSSR count). The summed E-state index contributed by atoms with van der Waals surface area (Å²) in [5.74, 6) is -1.96. The van der Waals surface area contributed by atoms with Crippen LogP contribution in [0, 0.1) is 10.1 Å². The summed E-state index contributed by atoms with van der Waals surface area (Å²) < 4.78 is 28.0. The molecule has 0 spiro atoms. The molecule has 0 aliphatic carbocycles. The van der Waals surface area contributed by atoms with Crippen molar-refractivity contribution >= 4 is 44.4 Å². The van der Waals surface area contributed by atoms with Crippen molar-refractivity contribution in [3.8, 4) is 0 Å². The molecular formula is C22H17N3O6S2. The highest BCUT2D eigenvalue weighted by atomic mass is 32.2. The molecule has 2 aromatic carbocycles. The Morgan fingerprint density at radius 3 is 1.73 bits per heavy atom. The Bertz CT molecular complexity index is 1280. The van der Waals surface area contributed by atoms with Gasteiger partial charge in [-0.05, 0) is 23.3 Å². The van der Waals surface area contributed by atoms with Gasteiger partial charge in [0.1, 0.15) is 5.57 Å². The molecule has 0 unspecified atom stereocenters. The highest BCUT2D eigenvalue weighted by Gasteiger charge is 2.46. The van der Waals surface area contributed by atoms with Gasteiger partial charge in [-0.1, -0.05) is 72.0 Å². The Hall–Kier alpha value is -3.83. The largest absolute Gasteiger partial charge is 0.331 e. The summed E-state index contributed by atoms with van der Waals surface area (Å²) in [6.07, 6.45) is 1.20. The first kappa shape index (κ1) is 22.4. The van der Waals surface area contributed by atoms with Crippen LogP contribution in [0.4, 0.5) is 5.00 Å². The molecule has 33 heavy (non-hydrogen) atoms. The molecule has 1 saturated heterocycles. The number of thiophene rings is 1. The van der Waals surface area contributed by atoms with Gasteiger partial charge in [-0.3, -0.25) is 19.7 Å². The minimum Gasteiger partial charge on any atom is -0.268 e. The number of nitro groups is 1. The van der Waals surface area contributed by atoms with Crippen LogP contribution in [0.15, 0.2) is 78.4 Å². The van der Waals surface area contributed by atoms with Crippen LogP contribution >= 0.6 is 11.3 Å². The summed E-state index contributed by atoms with van der Waals surface area (Å²) in [6.45, 7) is -0.523. The van der Waals surface area contributed by atoms with E-state index in [4.69, 9.17) is 0 Å². The maximum atomic E-state index is 13.3. The van der Waals surface area contributed by atoms with Crippen molar-refractivity contribution in [2.24, 2.45) is 0 Å². The molecule has 2 heterocycles. The number of rotatable bonds is 6. The van der Waals surface area contributed by atoms with Crippen molar-refractivity contribution in [1.82, 2.24) is 8.61 Å². The number of benzene rings is 2. The molecule has 168 valence electrons. The van der Waals surface area contributed by atoms with Crippen LogP contribution in [0.2, 0.25) is 0 Å². The zero-order valence-corrected chi connectivity index (χ0v) is 18.7. The fraction of sp³-hybridized carbons (Fsp3) is 0.0909. The van der Waals surface area contributed by atoms with E-state index in [1.165, 1.54) is 18.2 Å². The molecular weight excluding hydrogens is 466 g/mol. The average Bonchev–Trinajstić information content (AvgIpc) is 3.28. The van der Waals surface area contributed by atoms with E-state index < -0.39 is 26.9 Å². The fourth-order valence-corrected chi connectivity index (χ4v) is 5.52. The molecule has 1 aliphatic heterocycles. The van der Waals surface area contributed by atoms with Crippen LogP contribution in [0.5, 0.6) is 0 Å². The molecule has 9 nitrogen and oxygen atoms in total. The van der Waals surface area contributed by atoms with Gasteiger partial charge in [-0.15, -0.1) is 0 Å². The van der Waals surface area contributed by atoms with Crippen molar-refractivity contribution in [3.63, 3.8) is 0 Å². The van der Waals surface area contributed by atoms with E-state index in [-0.39, 0.29) is 28.5 Å². The molecule has 2 amide bonds. The van der Waals surface area contributed by atoms with E-state index in [1.54, 1.807) is 60.7 Å². The summed E-state index contributed by atoms with van der Waals surface area (Å²) in [7, 11) is -4.47. The van der Waals surface area contributed by atoms with E-state index in [0.717, 1.165) is 11.3 Å². The van der Waals surface area contributed by atoms with Gasteiger partial charge >= 0.3 is 15.2 Å². The molecule has 3 aromatic rings. The van der Waals surface area contributed by atoms with E-state index in [2.05, 4.69) is 0 Å². The van der Waals surface area contributed by atoms with Gasteiger partial charge in [-0.25, -0.2) is 8.61 Å². The van der Waals surface area contributed by atoms with Crippen LogP contribution in [-0.4, -0.2) is 33.8 Å². The second-order valence-electron chi connectivity index (χ2n) is 7.09. The Balaban J connectivity index is 1.78. The number of amides is 2. The van der Waals surface area contributed by atoms with Crippen LogP contribution in [0.25, 0.3) is 6.08 Å². The minimum atomic E-state index is -4.47. The Morgan fingerprint density at radius 1 is 0.818 bits per heavy atom. The van der Waals surface area contributed by atoms with E-state index in [1.807, 2.05) is 0 Å². The van der Waals surface area contributed by atoms with E-state index in [0.29, 0.717) is 19.7 Å². The van der Waals surface area contributed by atoms with Crippen molar-refractivity contribution < 1.29 is 22.9 Å². The van der Waals surface area contributed by atoms with Gasteiger partial charge in [0.15, 0.2) is 0 Å². The molecule has 11 heteroatoms. The van der Waals surface area contributed by atoms with E-state index in [9.17, 15) is 28.1 Å². The topological polar surface area (TPSA) is 118 Å². The maximum Gasteiger partial charge on any atom is 0.331 e. The lowest BCUT2D eigenvalue weighted by Gasteiger charge is -2.35. The quantitative estimate of drug-likeness (QED) is 0.230. The van der Waals surface area contributed by atoms with Crippen LogP contribution in [-0.2, 0) is 32.9 Å². The number of nitrogens with zero attached hydrogens (tertiary/aromatic N) is 3. The molecule has 0 radical (unpaired) electrons. The highest BCUT2D eigenvalue weighted by molar-refractivity contribution is 7.88. The van der Waals surface area contributed by atoms with Crippen molar-refractivity contribution in [2.45, 2.75) is 13.1 Å². The third-order valence-corrected chi connectivity index (χ3v) is 7.58. The molecule has 0 saturated carbocycles. The average molecular weight is 484 g/mol. The standard InChI is InChI=1S/C22H17N3O6S2/c26-21-19(13-18-11-12-20(32-18)25(28)29)22(27)24(15-17-9-5-2-6-10-17)33(30,31)23(21)14-16-7-3-1-4-8-16/h1-13H,14-15H2. The summed E-state index contributed by atoms with van der Waals surface area (Å²) in [5.41, 5.74) is 0.748. The molecule has 0 N–H and O–H groups in total. The summed E-state index contributed by atoms with van der Waals surface area (Å²) >= 11 is 0.783. The van der Waals surface area contributed by atoms with E-state index >= 15 is 0 Å². The normalized spacial score (nSPS) is 15.6. The van der Waals surface area contributed by atoms with Gasteiger partial charge in [0.2, 0.25) is 0 Å². The molecule has 0 bridgehead atoms. The molecule has 1 aliphatic rings. The first-order valence-corrected chi connectivity index (χ1v) is 11.9. The lowest BCUT2D eigenvalue weighted by Crippen LogP contribution is -2.55. The first-order chi connectivity index (χ1) is 15.8. The summed E-state index contributed by atoms with van der Waals surface area (Å²) in [4.78, 5) is 37.1. The lowest BCUT2D eigenvalue weighted by molar-refractivity contribution is -0.380. The van der Waals surface area contributed by atoms with Crippen LogP contribution < -0.4 is 0 Å². The van der Waals surface area contributed by atoms with Gasteiger partial charge in [0.25, 0.3) is 11.8 Å². The molecule has 1 fully saturated rings. The predicted molar refractivity (Wildman–Crippen MR) is 122 cm³/mol. The van der Waals surface area contributed by atoms with Crippen LogP contribution in [0.3, 0.4) is 0 Å². The fourth-order valence-electron chi connectivity index (χ4n) is 3.28. The predicted octanol–water partition coefficient (Wildman–Crippen LogP) is 3.36. The Kier molecular flexibility index (Phi) is 6.07. The van der Waals surface area contributed by atoms with Gasteiger partial charge in [0.05, 0.1) is 18.0 Å². The molecule has 0 atom stereocenters. The van der Waals surface area contributed by atoms with Crippen molar-refractivity contribution in [3.05, 3.63) is 104 Å². The van der Waals surface area contributed by atoms with Gasteiger partial charge < -0.3 is 0 Å². The zero-order valence-electron chi connectivity index (χ0n) is 17.0. The highest BCUT2D eigenvalue weighted by Crippen LogP contribution is 2.31. The summed E-state index contributed by atoms with van der Waals surface area (Å²) in [6, 6.07) is 19.7. The van der Waals surface area contributed by atoms with Crippen molar-refractivity contribution in [1.29, 1.82) is 0 Å². The Morgan fingerprint density at radius 2 is 1.30 bits per heavy atom. The second-order valence-corrected chi connectivity index (χ2v) is 9.96.